The Kier molecular flexibility index (Phi) is 5.19. The first-order valence-corrected chi connectivity index (χ1v) is 7.43. The third kappa shape index (κ3) is 4.15. The standard InChI is InChI=1S/C16H27N3O2/c1-16(2,3)18-9-12-8-17-7-6-13(12)19-10-14(20-4)15(11-19)21-5/h6-8,14-15,18H,9-11H2,1-5H3. The predicted octanol–water partition coefficient (Wildman–Crippen LogP) is 1.82. The minimum atomic E-state index is 0.0856. The average Bonchev–Trinajstić information content (AvgIpc) is 2.87. The van der Waals surface area contributed by atoms with Crippen LogP contribution in [0.15, 0.2) is 18.5 Å². The third-order valence-corrected chi connectivity index (χ3v) is 3.85. The van der Waals surface area contributed by atoms with Crippen molar-refractivity contribution in [3.05, 3.63) is 24.0 Å². The van der Waals surface area contributed by atoms with Crippen LogP contribution in [0.1, 0.15) is 26.3 Å². The lowest BCUT2D eigenvalue weighted by Crippen LogP contribution is -2.35. The van der Waals surface area contributed by atoms with Gasteiger partial charge in [0.25, 0.3) is 0 Å². The number of nitrogens with zero attached hydrogens (tertiary/aromatic N) is 2. The fourth-order valence-electron chi connectivity index (χ4n) is 2.62. The van der Waals surface area contributed by atoms with E-state index in [0.29, 0.717) is 0 Å². The van der Waals surface area contributed by atoms with Gasteiger partial charge in [0.15, 0.2) is 0 Å². The molecule has 0 saturated carbocycles. The number of aromatic nitrogens is 1. The summed E-state index contributed by atoms with van der Waals surface area (Å²) >= 11 is 0. The highest BCUT2D eigenvalue weighted by Gasteiger charge is 2.33. The Bertz CT molecular complexity index is 447. The maximum Gasteiger partial charge on any atom is 0.102 e. The molecule has 5 nitrogen and oxygen atoms in total. The monoisotopic (exact) mass is 293 g/mol. The average molecular weight is 293 g/mol. The number of hydrogen-bond donors (Lipinski definition) is 1. The minimum absolute atomic E-state index is 0.0856. The highest BCUT2D eigenvalue weighted by molar-refractivity contribution is 5.53. The summed E-state index contributed by atoms with van der Waals surface area (Å²) in [5.74, 6) is 0. The van der Waals surface area contributed by atoms with Crippen LogP contribution in [0, 0.1) is 0 Å². The van der Waals surface area contributed by atoms with E-state index in [1.165, 1.54) is 11.3 Å². The minimum Gasteiger partial charge on any atom is -0.377 e. The molecule has 0 bridgehead atoms. The Morgan fingerprint density at radius 3 is 2.38 bits per heavy atom. The zero-order valence-corrected chi connectivity index (χ0v) is 13.7. The molecule has 118 valence electrons. The molecule has 2 unspecified atom stereocenters. The summed E-state index contributed by atoms with van der Waals surface area (Å²) in [5.41, 5.74) is 2.50. The lowest BCUT2D eigenvalue weighted by atomic mass is 10.1. The number of ether oxygens (including phenoxy) is 2. The number of pyridine rings is 1. The summed E-state index contributed by atoms with van der Waals surface area (Å²) < 4.78 is 11.0. The van der Waals surface area contributed by atoms with Crippen molar-refractivity contribution in [1.82, 2.24) is 10.3 Å². The maximum absolute atomic E-state index is 5.52. The molecule has 0 spiro atoms. The largest absolute Gasteiger partial charge is 0.377 e. The Hall–Kier alpha value is -1.17. The van der Waals surface area contributed by atoms with Gasteiger partial charge < -0.3 is 19.7 Å². The Balaban J connectivity index is 2.13. The van der Waals surface area contributed by atoms with Crippen LogP contribution in [0.3, 0.4) is 0 Å². The van der Waals surface area contributed by atoms with Crippen molar-refractivity contribution in [2.24, 2.45) is 0 Å². The van der Waals surface area contributed by atoms with Crippen LogP contribution in [0.4, 0.5) is 5.69 Å². The van der Waals surface area contributed by atoms with E-state index < -0.39 is 0 Å². The second-order valence-electron chi connectivity index (χ2n) is 6.56. The number of methoxy groups -OCH3 is 2. The number of rotatable bonds is 5. The van der Waals surface area contributed by atoms with Crippen LogP contribution < -0.4 is 10.2 Å². The molecule has 2 rings (SSSR count). The van der Waals surface area contributed by atoms with Gasteiger partial charge >= 0.3 is 0 Å². The van der Waals surface area contributed by atoms with E-state index in [-0.39, 0.29) is 17.7 Å². The SMILES string of the molecule is COC1CN(c2ccncc2CNC(C)(C)C)CC1OC. The predicted molar refractivity (Wildman–Crippen MR) is 84.6 cm³/mol. The van der Waals surface area contributed by atoms with Gasteiger partial charge in [-0.3, -0.25) is 4.98 Å². The lowest BCUT2D eigenvalue weighted by Gasteiger charge is -2.25. The molecule has 1 aliphatic heterocycles. The van der Waals surface area contributed by atoms with Crippen LogP contribution in [0.5, 0.6) is 0 Å². The smallest absolute Gasteiger partial charge is 0.102 e. The summed E-state index contributed by atoms with van der Waals surface area (Å²) in [4.78, 5) is 6.59. The van der Waals surface area contributed by atoms with Crippen molar-refractivity contribution < 1.29 is 9.47 Å². The van der Waals surface area contributed by atoms with Gasteiger partial charge in [-0.25, -0.2) is 0 Å². The van der Waals surface area contributed by atoms with Crippen molar-refractivity contribution >= 4 is 5.69 Å². The first-order chi connectivity index (χ1) is 9.94. The van der Waals surface area contributed by atoms with Crippen molar-refractivity contribution in [1.29, 1.82) is 0 Å². The third-order valence-electron chi connectivity index (χ3n) is 3.85. The van der Waals surface area contributed by atoms with Crippen LogP contribution in [-0.2, 0) is 16.0 Å². The van der Waals surface area contributed by atoms with Crippen LogP contribution in [-0.4, -0.2) is 50.0 Å². The van der Waals surface area contributed by atoms with E-state index in [4.69, 9.17) is 9.47 Å². The molecule has 0 radical (unpaired) electrons. The Morgan fingerprint density at radius 1 is 1.24 bits per heavy atom. The fraction of sp³-hybridized carbons (Fsp3) is 0.688. The number of hydrogen-bond acceptors (Lipinski definition) is 5. The molecule has 2 heterocycles. The van der Waals surface area contributed by atoms with E-state index >= 15 is 0 Å². The zero-order chi connectivity index (χ0) is 15.5. The van der Waals surface area contributed by atoms with Gasteiger partial charge in [-0.15, -0.1) is 0 Å². The van der Waals surface area contributed by atoms with Crippen molar-refractivity contribution in [2.75, 3.05) is 32.2 Å². The second kappa shape index (κ2) is 6.73. The fourth-order valence-corrected chi connectivity index (χ4v) is 2.62. The first-order valence-electron chi connectivity index (χ1n) is 7.43. The van der Waals surface area contributed by atoms with E-state index in [1.54, 1.807) is 14.2 Å². The topological polar surface area (TPSA) is 46.6 Å². The number of nitrogens with one attached hydrogen (secondary N) is 1. The molecule has 1 saturated heterocycles. The van der Waals surface area contributed by atoms with Crippen molar-refractivity contribution in [3.63, 3.8) is 0 Å². The lowest BCUT2D eigenvalue weighted by molar-refractivity contribution is -0.00461. The molecule has 0 aromatic carbocycles. The molecule has 21 heavy (non-hydrogen) atoms. The van der Waals surface area contributed by atoms with Crippen molar-refractivity contribution in [3.8, 4) is 0 Å². The maximum atomic E-state index is 5.52. The molecule has 0 aliphatic carbocycles. The van der Waals surface area contributed by atoms with Crippen LogP contribution in [0.2, 0.25) is 0 Å². The zero-order valence-electron chi connectivity index (χ0n) is 13.7. The molecule has 2 atom stereocenters. The van der Waals surface area contributed by atoms with Gasteiger partial charge in [-0.05, 0) is 26.8 Å². The first kappa shape index (κ1) is 16.2. The molecule has 1 aliphatic rings. The summed E-state index contributed by atoms with van der Waals surface area (Å²) in [7, 11) is 3.49. The summed E-state index contributed by atoms with van der Waals surface area (Å²) in [5, 5.41) is 3.52. The normalized spacial score (nSPS) is 22.8. The van der Waals surface area contributed by atoms with E-state index in [2.05, 4.69) is 42.0 Å². The van der Waals surface area contributed by atoms with Gasteiger partial charge in [-0.2, -0.15) is 0 Å². The summed E-state index contributed by atoms with van der Waals surface area (Å²) in [6.07, 6.45) is 4.02. The van der Waals surface area contributed by atoms with Gasteiger partial charge in [0.05, 0.1) is 0 Å². The molecule has 0 amide bonds. The molecule has 1 N–H and O–H groups in total. The van der Waals surface area contributed by atoms with Crippen LogP contribution in [0.25, 0.3) is 0 Å². The quantitative estimate of drug-likeness (QED) is 0.897. The molecule has 5 heteroatoms. The van der Waals surface area contributed by atoms with Crippen molar-refractivity contribution in [2.45, 2.75) is 45.1 Å². The van der Waals surface area contributed by atoms with Gasteiger partial charge in [0.1, 0.15) is 12.2 Å². The molecular formula is C16H27N3O2. The molecule has 1 aromatic heterocycles. The summed E-state index contributed by atoms with van der Waals surface area (Å²) in [6.45, 7) is 9.00. The number of anilines is 1. The molecule has 1 aromatic rings. The van der Waals surface area contributed by atoms with Gasteiger partial charge in [0, 0.05) is 63.0 Å². The molecule has 1 fully saturated rings. The van der Waals surface area contributed by atoms with E-state index in [0.717, 1.165) is 19.6 Å². The molecular weight excluding hydrogens is 266 g/mol. The Morgan fingerprint density at radius 2 is 1.86 bits per heavy atom. The van der Waals surface area contributed by atoms with Crippen LogP contribution >= 0.6 is 0 Å². The Labute approximate surface area is 127 Å². The second-order valence-corrected chi connectivity index (χ2v) is 6.56. The highest BCUT2D eigenvalue weighted by atomic mass is 16.5. The summed E-state index contributed by atoms with van der Waals surface area (Å²) in [6, 6.07) is 2.07. The van der Waals surface area contributed by atoms with E-state index in [1.807, 2.05) is 12.4 Å². The highest BCUT2D eigenvalue weighted by Crippen LogP contribution is 2.26. The van der Waals surface area contributed by atoms with Gasteiger partial charge in [-0.1, -0.05) is 0 Å². The van der Waals surface area contributed by atoms with Gasteiger partial charge in [0.2, 0.25) is 0 Å². The van der Waals surface area contributed by atoms with E-state index in [9.17, 15) is 0 Å².